The van der Waals surface area contributed by atoms with Gasteiger partial charge in [-0.05, 0) is 48.5 Å². The highest BCUT2D eigenvalue weighted by Crippen LogP contribution is 2.32. The van der Waals surface area contributed by atoms with Crippen LogP contribution in [0, 0.1) is 20.2 Å². The minimum absolute atomic E-state index is 0.000391. The van der Waals surface area contributed by atoms with Crippen molar-refractivity contribution in [2.75, 3.05) is 0 Å². The Morgan fingerprint density at radius 3 is 1.13 bits per heavy atom. The van der Waals surface area contributed by atoms with Gasteiger partial charge in [-0.3, -0.25) is 20.2 Å². The average molecular weight is 595 g/mol. The molecule has 0 aliphatic rings. The monoisotopic (exact) mass is 594 g/mol. The predicted molar refractivity (Wildman–Crippen MR) is 140 cm³/mol. The quantitative estimate of drug-likeness (QED) is 0.190. The zero-order chi connectivity index (χ0) is 28.1. The summed E-state index contributed by atoms with van der Waals surface area (Å²) in [6.45, 7) is 0. The van der Waals surface area contributed by atoms with Crippen molar-refractivity contribution in [3.05, 3.63) is 127 Å². The van der Waals surface area contributed by atoms with Crippen LogP contribution in [-0.4, -0.2) is 26.7 Å². The third-order valence-electron chi connectivity index (χ3n) is 4.92. The molecule has 0 saturated carbocycles. The Balaban J connectivity index is 0.000000211. The number of hydrogen-bond donors (Lipinski definition) is 0. The van der Waals surface area contributed by atoms with Gasteiger partial charge in [0.15, 0.2) is 0 Å². The molecule has 0 unspecified atom stereocenters. The molecule has 0 aliphatic heterocycles. The maximum Gasteiger partial charge on any atom is 0.289 e. The molecule has 10 nitrogen and oxygen atoms in total. The zero-order valence-corrected chi connectivity index (χ0v) is 22.1. The fraction of sp³-hybridized carbons (Fsp3) is 0. The van der Waals surface area contributed by atoms with Crippen LogP contribution in [-0.2, 0) is 19.7 Å². The molecule has 0 atom stereocenters. The number of halogens is 2. The molecule has 0 heterocycles. The molecular formula is C24H16Cl2N2O8S2. The van der Waals surface area contributed by atoms with Gasteiger partial charge in [-0.25, -0.2) is 16.8 Å². The Hall–Kier alpha value is -3.84. The zero-order valence-electron chi connectivity index (χ0n) is 19.0. The van der Waals surface area contributed by atoms with Crippen molar-refractivity contribution in [2.45, 2.75) is 19.6 Å². The Labute approximate surface area is 227 Å². The van der Waals surface area contributed by atoms with Gasteiger partial charge in [0, 0.05) is 22.2 Å². The van der Waals surface area contributed by atoms with E-state index < -0.39 is 40.9 Å². The van der Waals surface area contributed by atoms with Crippen LogP contribution in [0.1, 0.15) is 0 Å². The van der Waals surface area contributed by atoms with Gasteiger partial charge >= 0.3 is 0 Å². The lowest BCUT2D eigenvalue weighted by Crippen LogP contribution is -2.05. The summed E-state index contributed by atoms with van der Waals surface area (Å²) in [6.07, 6.45) is 0. The first-order chi connectivity index (χ1) is 17.9. The van der Waals surface area contributed by atoms with Crippen LogP contribution in [0.25, 0.3) is 0 Å². The molecule has 14 heteroatoms. The first-order valence-corrected chi connectivity index (χ1v) is 14.1. The molecule has 4 rings (SSSR count). The summed E-state index contributed by atoms with van der Waals surface area (Å²) < 4.78 is 49.3. The molecule has 0 spiro atoms. The summed E-state index contributed by atoms with van der Waals surface area (Å²) in [4.78, 5) is 19.6. The van der Waals surface area contributed by atoms with Crippen LogP contribution < -0.4 is 0 Å². The lowest BCUT2D eigenvalue weighted by atomic mass is 10.3. The lowest BCUT2D eigenvalue weighted by Gasteiger charge is -2.05. The minimum Gasteiger partial charge on any atom is -0.258 e. The van der Waals surface area contributed by atoms with E-state index >= 15 is 0 Å². The van der Waals surface area contributed by atoms with Crippen molar-refractivity contribution < 1.29 is 26.7 Å². The van der Waals surface area contributed by atoms with Gasteiger partial charge in [0.2, 0.25) is 19.7 Å². The Morgan fingerprint density at radius 1 is 0.526 bits per heavy atom. The van der Waals surface area contributed by atoms with E-state index in [1.54, 1.807) is 36.4 Å². The molecular weight excluding hydrogens is 579 g/mol. The van der Waals surface area contributed by atoms with Gasteiger partial charge in [0.05, 0.1) is 19.6 Å². The number of sulfone groups is 2. The maximum absolute atomic E-state index is 12.3. The largest absolute Gasteiger partial charge is 0.289 e. The van der Waals surface area contributed by atoms with E-state index in [4.69, 9.17) is 23.2 Å². The van der Waals surface area contributed by atoms with Crippen molar-refractivity contribution in [1.82, 2.24) is 0 Å². The third-order valence-corrected chi connectivity index (χ3v) is 9.03. The summed E-state index contributed by atoms with van der Waals surface area (Å²) in [5, 5.41) is 22.1. The molecule has 0 bridgehead atoms. The Bertz CT molecular complexity index is 1590. The fourth-order valence-corrected chi connectivity index (χ4v) is 6.36. The fourth-order valence-electron chi connectivity index (χ4n) is 3.17. The molecule has 38 heavy (non-hydrogen) atoms. The van der Waals surface area contributed by atoms with Crippen LogP contribution in [0.4, 0.5) is 11.4 Å². The standard InChI is InChI=1S/2C12H8ClNO4S/c2*13-9-6-7-12(11(8-9)14(15)16)19(17,18)10-4-2-1-3-5-10/h2*1-8H. The van der Waals surface area contributed by atoms with Crippen LogP contribution in [0.2, 0.25) is 10.0 Å². The first-order valence-electron chi connectivity index (χ1n) is 10.3. The molecule has 0 aliphatic carbocycles. The summed E-state index contributed by atoms with van der Waals surface area (Å²) in [6, 6.07) is 22.0. The topological polar surface area (TPSA) is 155 Å². The molecule has 4 aromatic carbocycles. The van der Waals surface area contributed by atoms with Gasteiger partial charge in [-0.1, -0.05) is 59.6 Å². The van der Waals surface area contributed by atoms with Crippen molar-refractivity contribution in [1.29, 1.82) is 0 Å². The SMILES string of the molecule is O=[N+]([O-])c1cc(Cl)ccc1S(=O)(=O)c1ccccc1.O=[N+]([O-])c1cc(Cl)ccc1S(=O)(=O)c1ccccc1. The number of nitro benzene ring substituents is 2. The smallest absolute Gasteiger partial charge is 0.258 e. The molecule has 0 fully saturated rings. The summed E-state index contributed by atoms with van der Waals surface area (Å²) in [5.74, 6) is 0. The summed E-state index contributed by atoms with van der Waals surface area (Å²) in [5.41, 5.74) is -1.06. The van der Waals surface area contributed by atoms with Crippen molar-refractivity contribution in [3.8, 4) is 0 Å². The summed E-state index contributed by atoms with van der Waals surface area (Å²) >= 11 is 11.3. The Kier molecular flexibility index (Phi) is 8.84. The molecule has 0 amide bonds. The maximum atomic E-state index is 12.3. The van der Waals surface area contributed by atoms with Gasteiger partial charge in [-0.2, -0.15) is 0 Å². The van der Waals surface area contributed by atoms with Gasteiger partial charge in [0.1, 0.15) is 9.79 Å². The molecule has 0 saturated heterocycles. The van der Waals surface area contributed by atoms with Crippen molar-refractivity contribution in [3.63, 3.8) is 0 Å². The average Bonchev–Trinajstić information content (AvgIpc) is 2.89. The van der Waals surface area contributed by atoms with E-state index in [1.807, 2.05) is 0 Å². The number of rotatable bonds is 6. The van der Waals surface area contributed by atoms with E-state index in [-0.39, 0.29) is 29.6 Å². The van der Waals surface area contributed by atoms with E-state index in [9.17, 15) is 37.1 Å². The van der Waals surface area contributed by atoms with Crippen molar-refractivity contribution in [2.24, 2.45) is 0 Å². The number of benzene rings is 4. The van der Waals surface area contributed by atoms with Crippen LogP contribution >= 0.6 is 23.2 Å². The molecule has 0 N–H and O–H groups in total. The van der Waals surface area contributed by atoms with E-state index in [2.05, 4.69) is 0 Å². The van der Waals surface area contributed by atoms with Crippen LogP contribution in [0.3, 0.4) is 0 Å². The normalized spacial score (nSPS) is 11.2. The molecule has 4 aromatic rings. The first kappa shape index (κ1) is 28.7. The molecule has 0 aromatic heterocycles. The van der Waals surface area contributed by atoms with E-state index in [0.29, 0.717) is 0 Å². The Morgan fingerprint density at radius 2 is 0.842 bits per heavy atom. The third kappa shape index (κ3) is 6.34. The number of hydrogen-bond acceptors (Lipinski definition) is 8. The van der Waals surface area contributed by atoms with Crippen LogP contribution in [0.5, 0.6) is 0 Å². The second-order valence-corrected chi connectivity index (χ2v) is 12.1. The van der Waals surface area contributed by atoms with E-state index in [0.717, 1.165) is 24.3 Å². The van der Waals surface area contributed by atoms with Crippen molar-refractivity contribution >= 4 is 54.3 Å². The summed E-state index contributed by atoms with van der Waals surface area (Å²) in [7, 11) is -7.86. The highest BCUT2D eigenvalue weighted by Gasteiger charge is 2.28. The number of nitro groups is 2. The second kappa shape index (κ2) is 11.7. The van der Waals surface area contributed by atoms with Gasteiger partial charge in [0.25, 0.3) is 11.4 Å². The minimum atomic E-state index is -3.93. The predicted octanol–water partition coefficient (Wildman–Crippen LogP) is 6.16. The second-order valence-electron chi connectivity index (χ2n) is 7.37. The van der Waals surface area contributed by atoms with E-state index in [1.165, 1.54) is 36.4 Å². The van der Waals surface area contributed by atoms with Gasteiger partial charge in [-0.15, -0.1) is 0 Å². The van der Waals surface area contributed by atoms with Gasteiger partial charge < -0.3 is 0 Å². The lowest BCUT2D eigenvalue weighted by molar-refractivity contribution is -0.388. The highest BCUT2D eigenvalue weighted by molar-refractivity contribution is 7.92. The van der Waals surface area contributed by atoms with Crippen LogP contribution in [0.15, 0.2) is 117 Å². The molecule has 0 radical (unpaired) electrons. The number of nitrogens with zero attached hydrogens (tertiary/aromatic N) is 2. The molecule has 196 valence electrons. The highest BCUT2D eigenvalue weighted by atomic mass is 35.5.